The summed E-state index contributed by atoms with van der Waals surface area (Å²) in [5.74, 6) is 0.331. The molecule has 3 rings (SSSR count). The van der Waals surface area contributed by atoms with Crippen molar-refractivity contribution in [3.05, 3.63) is 59.7 Å². The number of rotatable bonds is 1. The predicted molar refractivity (Wildman–Crippen MR) is 85.4 cm³/mol. The van der Waals surface area contributed by atoms with E-state index < -0.39 is 0 Å². The molecule has 20 heavy (non-hydrogen) atoms. The number of fused-ring (bicyclic) bond motifs is 1. The molecule has 1 aliphatic heterocycles. The van der Waals surface area contributed by atoms with Crippen LogP contribution in [0.1, 0.15) is 38.3 Å². The molecule has 1 heterocycles. The highest BCUT2D eigenvalue weighted by Gasteiger charge is 2.41. The molecule has 0 saturated heterocycles. The Balaban J connectivity index is 2.07. The van der Waals surface area contributed by atoms with Crippen LogP contribution in [0.3, 0.4) is 0 Å². The summed E-state index contributed by atoms with van der Waals surface area (Å²) in [5, 5.41) is 9.49. The number of benzene rings is 2. The molecule has 0 radical (unpaired) electrons. The fourth-order valence-electron chi connectivity index (χ4n) is 3.31. The highest BCUT2D eigenvalue weighted by atomic mass is 32.2. The summed E-state index contributed by atoms with van der Waals surface area (Å²) in [7, 11) is 0. The zero-order valence-electron chi connectivity index (χ0n) is 12.2. The zero-order valence-corrected chi connectivity index (χ0v) is 13.0. The van der Waals surface area contributed by atoms with Crippen LogP contribution < -0.4 is 0 Å². The number of hydrogen-bond donors (Lipinski definition) is 1. The van der Waals surface area contributed by atoms with E-state index in [2.05, 4.69) is 45.0 Å². The van der Waals surface area contributed by atoms with E-state index in [4.69, 9.17) is 0 Å². The van der Waals surface area contributed by atoms with Crippen LogP contribution in [-0.4, -0.2) is 5.11 Å². The SMILES string of the molecule is CC1(C)CC(C)(c2ccc(O)cc2)Sc2ccccc21. The Morgan fingerprint density at radius 1 is 0.950 bits per heavy atom. The second kappa shape index (κ2) is 4.56. The van der Waals surface area contributed by atoms with Gasteiger partial charge in [0, 0.05) is 9.64 Å². The van der Waals surface area contributed by atoms with Gasteiger partial charge in [0.05, 0.1) is 0 Å². The first-order chi connectivity index (χ1) is 9.41. The molecule has 2 aromatic carbocycles. The molecule has 1 unspecified atom stereocenters. The average molecular weight is 284 g/mol. The first kappa shape index (κ1) is 13.6. The van der Waals surface area contributed by atoms with Crippen molar-refractivity contribution in [1.82, 2.24) is 0 Å². The Hall–Kier alpha value is -1.41. The molecule has 2 heteroatoms. The number of aromatic hydroxyl groups is 1. The molecule has 1 N–H and O–H groups in total. The first-order valence-corrected chi connectivity index (χ1v) is 7.80. The summed E-state index contributed by atoms with van der Waals surface area (Å²) in [6.45, 7) is 6.95. The van der Waals surface area contributed by atoms with Crippen molar-refractivity contribution in [3.63, 3.8) is 0 Å². The topological polar surface area (TPSA) is 20.2 Å². The van der Waals surface area contributed by atoms with Crippen LogP contribution >= 0.6 is 11.8 Å². The smallest absolute Gasteiger partial charge is 0.115 e. The van der Waals surface area contributed by atoms with E-state index in [0.29, 0.717) is 5.75 Å². The lowest BCUT2D eigenvalue weighted by Gasteiger charge is -2.44. The van der Waals surface area contributed by atoms with E-state index in [1.165, 1.54) is 16.0 Å². The third-order valence-electron chi connectivity index (χ3n) is 4.21. The van der Waals surface area contributed by atoms with Gasteiger partial charge in [-0.05, 0) is 48.1 Å². The van der Waals surface area contributed by atoms with Gasteiger partial charge >= 0.3 is 0 Å². The quantitative estimate of drug-likeness (QED) is 0.788. The van der Waals surface area contributed by atoms with Crippen LogP contribution in [0.25, 0.3) is 0 Å². The molecule has 1 aliphatic rings. The summed E-state index contributed by atoms with van der Waals surface area (Å²) in [4.78, 5) is 1.37. The Kier molecular flexibility index (Phi) is 3.09. The van der Waals surface area contributed by atoms with Crippen LogP contribution in [-0.2, 0) is 10.2 Å². The zero-order chi connectivity index (χ0) is 14.4. The Bertz CT molecular complexity index is 630. The Labute approximate surface area is 125 Å². The molecule has 0 amide bonds. The highest BCUT2D eigenvalue weighted by molar-refractivity contribution is 8.00. The second-order valence-corrected chi connectivity index (χ2v) is 7.98. The fourth-order valence-corrected chi connectivity index (χ4v) is 5.08. The van der Waals surface area contributed by atoms with Crippen molar-refractivity contribution < 1.29 is 5.11 Å². The van der Waals surface area contributed by atoms with Crippen LogP contribution in [0.4, 0.5) is 0 Å². The maximum absolute atomic E-state index is 9.49. The van der Waals surface area contributed by atoms with Crippen LogP contribution in [0, 0.1) is 0 Å². The molecule has 2 aromatic rings. The largest absolute Gasteiger partial charge is 0.508 e. The minimum Gasteiger partial charge on any atom is -0.508 e. The average Bonchev–Trinajstić information content (AvgIpc) is 2.38. The number of phenolic OH excluding ortho intramolecular Hbond substituents is 1. The van der Waals surface area contributed by atoms with E-state index in [-0.39, 0.29) is 10.2 Å². The molecular weight excluding hydrogens is 264 g/mol. The van der Waals surface area contributed by atoms with Gasteiger partial charge < -0.3 is 5.11 Å². The molecule has 0 spiro atoms. The fraction of sp³-hybridized carbons (Fsp3) is 0.333. The van der Waals surface area contributed by atoms with Crippen LogP contribution in [0.5, 0.6) is 5.75 Å². The van der Waals surface area contributed by atoms with Gasteiger partial charge in [-0.1, -0.05) is 44.2 Å². The molecule has 0 saturated carbocycles. The first-order valence-electron chi connectivity index (χ1n) is 6.99. The van der Waals surface area contributed by atoms with Gasteiger partial charge in [0.2, 0.25) is 0 Å². The van der Waals surface area contributed by atoms with Gasteiger partial charge in [0.1, 0.15) is 5.75 Å². The summed E-state index contributed by atoms with van der Waals surface area (Å²) in [5.41, 5.74) is 2.89. The minimum absolute atomic E-state index is 0.0472. The second-order valence-electron chi connectivity index (χ2n) is 6.44. The summed E-state index contributed by atoms with van der Waals surface area (Å²) >= 11 is 1.94. The Morgan fingerprint density at radius 2 is 1.60 bits per heavy atom. The third-order valence-corrected chi connectivity index (χ3v) is 5.62. The van der Waals surface area contributed by atoms with E-state index in [9.17, 15) is 5.11 Å². The molecule has 0 bridgehead atoms. The molecule has 0 aromatic heterocycles. The van der Waals surface area contributed by atoms with E-state index in [0.717, 1.165) is 6.42 Å². The van der Waals surface area contributed by atoms with E-state index >= 15 is 0 Å². The maximum atomic E-state index is 9.49. The number of hydrogen-bond acceptors (Lipinski definition) is 2. The van der Waals surface area contributed by atoms with Gasteiger partial charge in [-0.25, -0.2) is 0 Å². The van der Waals surface area contributed by atoms with Crippen molar-refractivity contribution in [2.75, 3.05) is 0 Å². The van der Waals surface area contributed by atoms with Gasteiger partial charge in [0.25, 0.3) is 0 Å². The maximum Gasteiger partial charge on any atom is 0.115 e. The van der Waals surface area contributed by atoms with E-state index in [1.807, 2.05) is 23.9 Å². The van der Waals surface area contributed by atoms with Gasteiger partial charge in [-0.3, -0.25) is 0 Å². The monoisotopic (exact) mass is 284 g/mol. The van der Waals surface area contributed by atoms with Gasteiger partial charge in [0.15, 0.2) is 0 Å². The van der Waals surface area contributed by atoms with E-state index in [1.54, 1.807) is 12.1 Å². The molecule has 1 atom stereocenters. The third kappa shape index (κ3) is 2.22. The van der Waals surface area contributed by atoms with Crippen LogP contribution in [0.2, 0.25) is 0 Å². The lowest BCUT2D eigenvalue weighted by Crippen LogP contribution is -2.34. The van der Waals surface area contributed by atoms with Crippen molar-refractivity contribution in [3.8, 4) is 5.75 Å². The lowest BCUT2D eigenvalue weighted by atomic mass is 9.75. The standard InChI is InChI=1S/C18H20OS/c1-17(2)12-18(3,13-8-10-14(19)11-9-13)20-16-7-5-4-6-15(16)17/h4-11,19H,12H2,1-3H3. The lowest BCUT2D eigenvalue weighted by molar-refractivity contribution is 0.397. The molecule has 0 aliphatic carbocycles. The van der Waals surface area contributed by atoms with Crippen molar-refractivity contribution in [1.29, 1.82) is 0 Å². The van der Waals surface area contributed by atoms with Gasteiger partial charge in [-0.2, -0.15) is 0 Å². The molecular formula is C18H20OS. The molecule has 104 valence electrons. The number of thioether (sulfide) groups is 1. The summed E-state index contributed by atoms with van der Waals surface area (Å²) in [6.07, 6.45) is 1.09. The number of phenols is 1. The van der Waals surface area contributed by atoms with Crippen molar-refractivity contribution in [2.45, 2.75) is 42.2 Å². The summed E-state index contributed by atoms with van der Waals surface area (Å²) < 4.78 is 0.0472. The molecule has 1 nitrogen and oxygen atoms in total. The van der Waals surface area contributed by atoms with Crippen molar-refractivity contribution in [2.24, 2.45) is 0 Å². The van der Waals surface area contributed by atoms with Gasteiger partial charge in [-0.15, -0.1) is 11.8 Å². The minimum atomic E-state index is 0.0472. The summed E-state index contributed by atoms with van der Waals surface area (Å²) in [6, 6.07) is 16.4. The predicted octanol–water partition coefficient (Wildman–Crippen LogP) is 5.08. The molecule has 0 fully saturated rings. The highest BCUT2D eigenvalue weighted by Crippen LogP contribution is 2.55. The van der Waals surface area contributed by atoms with Crippen molar-refractivity contribution >= 4 is 11.8 Å². The normalized spacial score (nSPS) is 24.1. The van der Waals surface area contributed by atoms with Crippen LogP contribution in [0.15, 0.2) is 53.4 Å². The Morgan fingerprint density at radius 3 is 2.30 bits per heavy atom.